The zero-order valence-electron chi connectivity index (χ0n) is 22.1. The zero-order chi connectivity index (χ0) is 28.6. The Morgan fingerprint density at radius 2 is 1.75 bits per heavy atom. The number of hydrogen-bond donors (Lipinski definition) is 1. The van der Waals surface area contributed by atoms with E-state index >= 15 is 0 Å². The maximum atomic E-state index is 14.2. The Hall–Kier alpha value is -2.58. The summed E-state index contributed by atoms with van der Waals surface area (Å²) in [7, 11) is 0. The summed E-state index contributed by atoms with van der Waals surface area (Å²) >= 11 is 16.0. The molecule has 6 nitrogen and oxygen atoms in total. The summed E-state index contributed by atoms with van der Waals surface area (Å²) in [6.07, 6.45) is 0.129. The van der Waals surface area contributed by atoms with Crippen LogP contribution in [0.1, 0.15) is 43.1 Å². The minimum atomic E-state index is -1.08. The first-order valence-corrected chi connectivity index (χ1v) is 14.7. The molecule has 3 aromatic rings. The van der Waals surface area contributed by atoms with Crippen LogP contribution in [0.2, 0.25) is 10.0 Å². The SMILES string of the molecule is CC1(C)Oc2ccc(Cl)cc2[C@@H]2O[C@H](Cc3cccc(Br)c3)[C@H](C(=O)N(CC(=O)O)Cc3ccc(Cl)cc3)C[C@H]21. The number of hydrogen-bond acceptors (Lipinski definition) is 4. The van der Waals surface area contributed by atoms with Gasteiger partial charge in [-0.15, -0.1) is 0 Å². The Labute approximate surface area is 252 Å². The smallest absolute Gasteiger partial charge is 0.323 e. The van der Waals surface area contributed by atoms with Gasteiger partial charge in [0.25, 0.3) is 0 Å². The van der Waals surface area contributed by atoms with Crippen LogP contribution in [0.5, 0.6) is 5.75 Å². The number of nitrogens with zero attached hydrogens (tertiary/aromatic N) is 1. The van der Waals surface area contributed by atoms with Crippen molar-refractivity contribution in [1.82, 2.24) is 4.90 Å². The number of fused-ring (bicyclic) bond motifs is 3. The standard InChI is InChI=1S/C31H30BrCl2NO5/c1-31(2)25-15-24(30(38)35(17-28(36)37)16-18-6-8-21(33)9-7-18)27(13-19-4-3-5-20(32)12-19)39-29(25)23-14-22(34)10-11-26(23)40-31/h3-12,14,24-25,27,29H,13,15-17H2,1-2H3,(H,36,37)/t24-,25-,27-,29+/m1/s1. The van der Waals surface area contributed by atoms with Gasteiger partial charge in [-0.05, 0) is 80.3 Å². The van der Waals surface area contributed by atoms with Crippen LogP contribution < -0.4 is 4.74 Å². The molecule has 0 saturated carbocycles. The van der Waals surface area contributed by atoms with E-state index in [4.69, 9.17) is 32.7 Å². The van der Waals surface area contributed by atoms with Crippen molar-refractivity contribution < 1.29 is 24.2 Å². The highest BCUT2D eigenvalue weighted by molar-refractivity contribution is 9.10. The molecule has 1 N–H and O–H groups in total. The Kier molecular flexibility index (Phi) is 8.48. The van der Waals surface area contributed by atoms with Crippen LogP contribution in [0.4, 0.5) is 0 Å². The first-order chi connectivity index (χ1) is 19.0. The van der Waals surface area contributed by atoms with Crippen LogP contribution >= 0.6 is 39.1 Å². The number of halogens is 3. The molecule has 210 valence electrons. The number of carboxylic acid groups (broad SMARTS) is 1. The summed E-state index contributed by atoms with van der Waals surface area (Å²) in [6, 6.07) is 20.5. The van der Waals surface area contributed by atoms with Gasteiger partial charge in [-0.2, -0.15) is 0 Å². The average molecular weight is 647 g/mol. The maximum absolute atomic E-state index is 14.2. The molecular weight excluding hydrogens is 617 g/mol. The van der Waals surface area contributed by atoms with E-state index < -0.39 is 30.1 Å². The van der Waals surface area contributed by atoms with Crippen LogP contribution in [-0.2, 0) is 27.3 Å². The topological polar surface area (TPSA) is 76.1 Å². The molecule has 2 aliphatic rings. The molecule has 0 radical (unpaired) electrons. The lowest BCUT2D eigenvalue weighted by atomic mass is 9.71. The normalized spacial score (nSPS) is 22.9. The lowest BCUT2D eigenvalue weighted by Crippen LogP contribution is -2.55. The average Bonchev–Trinajstić information content (AvgIpc) is 2.89. The van der Waals surface area contributed by atoms with Crippen molar-refractivity contribution >= 4 is 51.0 Å². The lowest BCUT2D eigenvalue weighted by molar-refractivity contribution is -0.184. The Morgan fingerprint density at radius 3 is 2.45 bits per heavy atom. The second-order valence-electron chi connectivity index (χ2n) is 11.0. The van der Waals surface area contributed by atoms with E-state index in [2.05, 4.69) is 15.9 Å². The molecule has 1 amide bonds. The lowest BCUT2D eigenvalue weighted by Gasteiger charge is -2.51. The predicted octanol–water partition coefficient (Wildman–Crippen LogP) is 7.35. The van der Waals surface area contributed by atoms with E-state index in [1.54, 1.807) is 30.3 Å². The summed E-state index contributed by atoms with van der Waals surface area (Å²) in [5, 5.41) is 10.9. The van der Waals surface area contributed by atoms with Crippen LogP contribution in [0.3, 0.4) is 0 Å². The summed E-state index contributed by atoms with van der Waals surface area (Å²) in [4.78, 5) is 27.5. The minimum absolute atomic E-state index is 0.148. The molecule has 3 aromatic carbocycles. The number of carbonyl (C=O) groups excluding carboxylic acids is 1. The monoisotopic (exact) mass is 645 g/mol. The number of aliphatic carboxylic acids is 1. The van der Waals surface area contributed by atoms with Crippen molar-refractivity contribution in [2.45, 2.75) is 51.0 Å². The van der Waals surface area contributed by atoms with Crippen molar-refractivity contribution in [2.24, 2.45) is 11.8 Å². The predicted molar refractivity (Wildman–Crippen MR) is 158 cm³/mol. The summed E-state index contributed by atoms with van der Waals surface area (Å²) in [5.41, 5.74) is 2.04. The van der Waals surface area contributed by atoms with Crippen molar-refractivity contribution in [2.75, 3.05) is 6.54 Å². The van der Waals surface area contributed by atoms with E-state index in [9.17, 15) is 14.7 Å². The first kappa shape index (κ1) is 28.9. The number of ether oxygens (including phenoxy) is 2. The highest BCUT2D eigenvalue weighted by atomic mass is 79.9. The molecule has 0 spiro atoms. The van der Waals surface area contributed by atoms with Gasteiger partial charge < -0.3 is 19.5 Å². The fraction of sp³-hybridized carbons (Fsp3) is 0.355. The first-order valence-electron chi connectivity index (χ1n) is 13.1. The third-order valence-electron chi connectivity index (χ3n) is 7.76. The quantitative estimate of drug-likeness (QED) is 0.291. The molecule has 0 aromatic heterocycles. The Morgan fingerprint density at radius 1 is 1.02 bits per heavy atom. The fourth-order valence-corrected chi connectivity index (χ4v) is 6.58. The second-order valence-corrected chi connectivity index (χ2v) is 12.8. The molecule has 0 aliphatic carbocycles. The third kappa shape index (κ3) is 6.33. The molecule has 40 heavy (non-hydrogen) atoms. The van der Waals surface area contributed by atoms with Gasteiger partial charge in [-0.25, -0.2) is 0 Å². The number of amides is 1. The van der Waals surface area contributed by atoms with E-state index in [0.717, 1.165) is 26.9 Å². The number of rotatable bonds is 7. The number of carbonyl (C=O) groups is 2. The van der Waals surface area contributed by atoms with Crippen molar-refractivity contribution in [3.63, 3.8) is 0 Å². The van der Waals surface area contributed by atoms with Gasteiger partial charge in [-0.3, -0.25) is 9.59 Å². The number of benzene rings is 3. The molecule has 0 unspecified atom stereocenters. The van der Waals surface area contributed by atoms with Crippen molar-refractivity contribution in [3.05, 3.63) is 97.9 Å². The molecule has 2 aliphatic heterocycles. The minimum Gasteiger partial charge on any atom is -0.487 e. The number of carboxylic acids is 1. The molecule has 4 atom stereocenters. The maximum Gasteiger partial charge on any atom is 0.323 e. The summed E-state index contributed by atoms with van der Waals surface area (Å²) in [6.45, 7) is 3.73. The molecule has 1 fully saturated rings. The van der Waals surface area contributed by atoms with Crippen LogP contribution in [0.15, 0.2) is 71.2 Å². The van der Waals surface area contributed by atoms with Gasteiger partial charge in [0.2, 0.25) is 5.91 Å². The van der Waals surface area contributed by atoms with Gasteiger partial charge in [0.1, 0.15) is 17.9 Å². The largest absolute Gasteiger partial charge is 0.487 e. The molecule has 9 heteroatoms. The second kappa shape index (κ2) is 11.7. The van der Waals surface area contributed by atoms with E-state index in [1.165, 1.54) is 4.90 Å². The van der Waals surface area contributed by atoms with E-state index in [0.29, 0.717) is 22.9 Å². The van der Waals surface area contributed by atoms with Gasteiger partial charge in [0, 0.05) is 32.5 Å². The molecular formula is C31H30BrCl2NO5. The van der Waals surface area contributed by atoms with Gasteiger partial charge >= 0.3 is 5.97 Å². The van der Waals surface area contributed by atoms with Crippen LogP contribution in [0, 0.1) is 11.8 Å². The van der Waals surface area contributed by atoms with E-state index in [-0.39, 0.29) is 24.5 Å². The van der Waals surface area contributed by atoms with Crippen LogP contribution in [-0.4, -0.2) is 40.1 Å². The highest BCUT2D eigenvalue weighted by Crippen LogP contribution is 2.53. The Bertz CT molecular complexity index is 1410. The molecule has 0 bridgehead atoms. The molecule has 1 saturated heterocycles. The van der Waals surface area contributed by atoms with Gasteiger partial charge in [-0.1, -0.05) is 63.4 Å². The Balaban J connectivity index is 1.52. The third-order valence-corrected chi connectivity index (χ3v) is 8.74. The van der Waals surface area contributed by atoms with Gasteiger partial charge in [0.05, 0.1) is 18.1 Å². The van der Waals surface area contributed by atoms with Crippen molar-refractivity contribution in [3.8, 4) is 5.75 Å². The summed E-state index contributed by atoms with van der Waals surface area (Å²) < 4.78 is 14.2. The molecule has 5 rings (SSSR count). The molecule has 2 heterocycles. The van der Waals surface area contributed by atoms with E-state index in [1.807, 2.05) is 50.2 Å². The fourth-order valence-electron chi connectivity index (χ4n) is 5.83. The summed E-state index contributed by atoms with van der Waals surface area (Å²) in [5.74, 6) is -1.37. The zero-order valence-corrected chi connectivity index (χ0v) is 25.2. The van der Waals surface area contributed by atoms with Crippen LogP contribution in [0.25, 0.3) is 0 Å². The highest BCUT2D eigenvalue weighted by Gasteiger charge is 2.52. The van der Waals surface area contributed by atoms with Gasteiger partial charge in [0.15, 0.2) is 0 Å². The van der Waals surface area contributed by atoms with Crippen molar-refractivity contribution in [1.29, 1.82) is 0 Å².